The van der Waals surface area contributed by atoms with Crippen molar-refractivity contribution in [2.45, 2.75) is 70.9 Å². The zero-order valence-electron chi connectivity index (χ0n) is 14.7. The molecule has 0 heterocycles. The van der Waals surface area contributed by atoms with Crippen molar-refractivity contribution in [3.05, 3.63) is 0 Å². The fourth-order valence-electron chi connectivity index (χ4n) is 3.97. The quantitative estimate of drug-likeness (QED) is 0.692. The van der Waals surface area contributed by atoms with Gasteiger partial charge < -0.3 is 10.2 Å². The van der Waals surface area contributed by atoms with Crippen LogP contribution in [0.3, 0.4) is 0 Å². The van der Waals surface area contributed by atoms with E-state index in [4.69, 9.17) is 0 Å². The Morgan fingerprint density at radius 1 is 1.33 bits per heavy atom. The lowest BCUT2D eigenvalue weighted by Gasteiger charge is -2.44. The van der Waals surface area contributed by atoms with E-state index >= 15 is 0 Å². The Morgan fingerprint density at radius 3 is 2.71 bits per heavy atom. The van der Waals surface area contributed by atoms with Gasteiger partial charge in [-0.05, 0) is 69.4 Å². The van der Waals surface area contributed by atoms with Gasteiger partial charge in [-0.2, -0.15) is 11.8 Å². The molecule has 0 aromatic carbocycles. The number of nitrogens with one attached hydrogen (secondary N) is 1. The zero-order chi connectivity index (χ0) is 15.3. The Balaban J connectivity index is 1.90. The van der Waals surface area contributed by atoms with Crippen molar-refractivity contribution in [1.29, 1.82) is 0 Å². The molecule has 0 aromatic rings. The Hall–Kier alpha value is 0.270. The van der Waals surface area contributed by atoms with E-state index < -0.39 is 0 Å². The standard InChI is InChI=1S/C18H36N2S/c1-15-6-5-10-18(12-15,13-19-17-7-8-17)14-20(3)16(2)9-11-21-4/h15-17,19H,5-14H2,1-4H3. The van der Waals surface area contributed by atoms with Crippen molar-refractivity contribution in [2.75, 3.05) is 32.1 Å². The van der Waals surface area contributed by atoms with Crippen molar-refractivity contribution < 1.29 is 0 Å². The molecule has 21 heavy (non-hydrogen) atoms. The van der Waals surface area contributed by atoms with Crippen LogP contribution in [0.2, 0.25) is 0 Å². The lowest BCUT2D eigenvalue weighted by molar-refractivity contribution is 0.0749. The molecule has 2 fully saturated rings. The molecular weight excluding hydrogens is 276 g/mol. The molecule has 2 nitrogen and oxygen atoms in total. The Labute approximate surface area is 136 Å². The first-order valence-electron chi connectivity index (χ1n) is 8.97. The third-order valence-corrected chi connectivity index (χ3v) is 6.25. The molecule has 0 bridgehead atoms. The molecule has 0 aliphatic heterocycles. The van der Waals surface area contributed by atoms with E-state index in [0.29, 0.717) is 11.5 Å². The van der Waals surface area contributed by atoms with Gasteiger partial charge in [0.1, 0.15) is 0 Å². The van der Waals surface area contributed by atoms with E-state index in [1.54, 1.807) is 0 Å². The molecule has 0 saturated heterocycles. The van der Waals surface area contributed by atoms with Crippen LogP contribution >= 0.6 is 11.8 Å². The highest BCUT2D eigenvalue weighted by Gasteiger charge is 2.37. The predicted molar refractivity (Wildman–Crippen MR) is 96.2 cm³/mol. The Morgan fingerprint density at radius 2 is 2.10 bits per heavy atom. The average molecular weight is 313 g/mol. The molecule has 2 aliphatic carbocycles. The molecule has 3 atom stereocenters. The van der Waals surface area contributed by atoms with Crippen LogP contribution in [-0.2, 0) is 0 Å². The first-order valence-corrected chi connectivity index (χ1v) is 10.4. The van der Waals surface area contributed by atoms with Crippen molar-refractivity contribution in [3.8, 4) is 0 Å². The second-order valence-corrected chi connectivity index (χ2v) is 8.89. The summed E-state index contributed by atoms with van der Waals surface area (Å²) in [6.07, 6.45) is 12.1. The fraction of sp³-hybridized carbons (Fsp3) is 1.00. The number of hydrogen-bond acceptors (Lipinski definition) is 3. The summed E-state index contributed by atoms with van der Waals surface area (Å²) in [6.45, 7) is 7.40. The Bertz CT molecular complexity index is 306. The van der Waals surface area contributed by atoms with Gasteiger partial charge in [0, 0.05) is 25.2 Å². The summed E-state index contributed by atoms with van der Waals surface area (Å²) >= 11 is 1.98. The van der Waals surface area contributed by atoms with Crippen LogP contribution in [0.5, 0.6) is 0 Å². The highest BCUT2D eigenvalue weighted by molar-refractivity contribution is 7.98. The molecule has 0 spiro atoms. The summed E-state index contributed by atoms with van der Waals surface area (Å²) in [4.78, 5) is 2.64. The molecular formula is C18H36N2S. The predicted octanol–water partition coefficient (Wildman–Crippen LogP) is 4.01. The summed E-state index contributed by atoms with van der Waals surface area (Å²) in [5.74, 6) is 2.20. The average Bonchev–Trinajstić information content (AvgIpc) is 3.27. The second-order valence-electron chi connectivity index (χ2n) is 7.90. The first kappa shape index (κ1) is 17.6. The number of rotatable bonds is 9. The SMILES string of the molecule is CSCCC(C)N(C)CC1(CNC2CC2)CCCC(C)C1. The van der Waals surface area contributed by atoms with Crippen LogP contribution in [0, 0.1) is 11.3 Å². The maximum atomic E-state index is 3.84. The maximum absolute atomic E-state index is 3.84. The number of thioether (sulfide) groups is 1. The van der Waals surface area contributed by atoms with Gasteiger partial charge in [-0.25, -0.2) is 0 Å². The number of nitrogens with zero attached hydrogens (tertiary/aromatic N) is 1. The van der Waals surface area contributed by atoms with Crippen LogP contribution in [0.4, 0.5) is 0 Å². The monoisotopic (exact) mass is 312 g/mol. The summed E-state index contributed by atoms with van der Waals surface area (Å²) < 4.78 is 0. The molecule has 0 radical (unpaired) electrons. The van der Waals surface area contributed by atoms with Crippen molar-refractivity contribution in [3.63, 3.8) is 0 Å². The second kappa shape index (κ2) is 8.21. The van der Waals surface area contributed by atoms with Crippen molar-refractivity contribution >= 4 is 11.8 Å². The lowest BCUT2D eigenvalue weighted by atomic mass is 9.69. The minimum atomic E-state index is 0.530. The summed E-state index contributed by atoms with van der Waals surface area (Å²) in [6, 6.07) is 1.56. The van der Waals surface area contributed by atoms with E-state index in [9.17, 15) is 0 Å². The first-order chi connectivity index (χ1) is 10.0. The smallest absolute Gasteiger partial charge is 0.00719 e. The topological polar surface area (TPSA) is 15.3 Å². The zero-order valence-corrected chi connectivity index (χ0v) is 15.5. The molecule has 2 rings (SSSR count). The summed E-state index contributed by atoms with van der Waals surface area (Å²) in [5, 5.41) is 3.84. The van der Waals surface area contributed by atoms with Gasteiger partial charge in [0.15, 0.2) is 0 Å². The van der Waals surface area contributed by atoms with Crippen LogP contribution in [0.1, 0.15) is 58.8 Å². The van der Waals surface area contributed by atoms with Crippen LogP contribution in [0.25, 0.3) is 0 Å². The lowest BCUT2D eigenvalue weighted by Crippen LogP contribution is -2.48. The summed E-state index contributed by atoms with van der Waals surface area (Å²) in [7, 11) is 2.35. The molecule has 3 unspecified atom stereocenters. The van der Waals surface area contributed by atoms with Crippen LogP contribution in [-0.4, -0.2) is 49.1 Å². The normalized spacial score (nSPS) is 31.6. The molecule has 0 amide bonds. The van der Waals surface area contributed by atoms with E-state index in [0.717, 1.165) is 12.0 Å². The van der Waals surface area contributed by atoms with E-state index in [-0.39, 0.29) is 0 Å². The van der Waals surface area contributed by atoms with E-state index in [1.165, 1.54) is 63.8 Å². The third kappa shape index (κ3) is 5.76. The van der Waals surface area contributed by atoms with Gasteiger partial charge >= 0.3 is 0 Å². The summed E-state index contributed by atoms with van der Waals surface area (Å²) in [5.41, 5.74) is 0.530. The fourth-order valence-corrected chi connectivity index (χ4v) is 4.55. The minimum absolute atomic E-state index is 0.530. The highest BCUT2D eigenvalue weighted by atomic mass is 32.2. The maximum Gasteiger partial charge on any atom is 0.00719 e. The molecule has 3 heteroatoms. The number of hydrogen-bond donors (Lipinski definition) is 1. The van der Waals surface area contributed by atoms with Gasteiger partial charge in [0.2, 0.25) is 0 Å². The van der Waals surface area contributed by atoms with Gasteiger partial charge in [0.25, 0.3) is 0 Å². The third-order valence-electron chi connectivity index (χ3n) is 5.61. The largest absolute Gasteiger partial charge is 0.313 e. The van der Waals surface area contributed by atoms with Gasteiger partial charge in [-0.1, -0.05) is 19.8 Å². The molecule has 0 aromatic heterocycles. The van der Waals surface area contributed by atoms with Gasteiger partial charge in [0.05, 0.1) is 0 Å². The van der Waals surface area contributed by atoms with Gasteiger partial charge in [-0.15, -0.1) is 0 Å². The molecule has 2 saturated carbocycles. The highest BCUT2D eigenvalue weighted by Crippen LogP contribution is 2.40. The van der Waals surface area contributed by atoms with Crippen molar-refractivity contribution in [1.82, 2.24) is 10.2 Å². The van der Waals surface area contributed by atoms with Crippen LogP contribution < -0.4 is 5.32 Å². The van der Waals surface area contributed by atoms with Gasteiger partial charge in [-0.3, -0.25) is 0 Å². The molecule has 1 N–H and O–H groups in total. The van der Waals surface area contributed by atoms with E-state index in [2.05, 4.69) is 37.4 Å². The van der Waals surface area contributed by atoms with Crippen LogP contribution in [0.15, 0.2) is 0 Å². The molecule has 124 valence electrons. The Kier molecular flexibility index (Phi) is 6.89. The molecule has 2 aliphatic rings. The minimum Gasteiger partial charge on any atom is -0.313 e. The van der Waals surface area contributed by atoms with Crippen molar-refractivity contribution in [2.24, 2.45) is 11.3 Å². The van der Waals surface area contributed by atoms with E-state index in [1.807, 2.05) is 11.8 Å².